The first-order valence-electron chi connectivity index (χ1n) is 12.0. The Balaban J connectivity index is 1.54. The largest absolute Gasteiger partial charge is 0.481 e. The van der Waals surface area contributed by atoms with Gasteiger partial charge in [0.1, 0.15) is 16.9 Å². The third-order valence-corrected chi connectivity index (χ3v) is 7.89. The zero-order chi connectivity index (χ0) is 26.3. The Labute approximate surface area is 218 Å². The van der Waals surface area contributed by atoms with Gasteiger partial charge in [-0.2, -0.15) is 0 Å². The summed E-state index contributed by atoms with van der Waals surface area (Å²) in [6.45, 7) is 7.63. The van der Waals surface area contributed by atoms with Crippen molar-refractivity contribution in [2.75, 3.05) is 5.32 Å². The maximum Gasteiger partial charge on any atom is 0.308 e. The van der Waals surface area contributed by atoms with Gasteiger partial charge in [0.2, 0.25) is 5.91 Å². The summed E-state index contributed by atoms with van der Waals surface area (Å²) < 4.78 is 1.94. The molecular formula is C28H27N5O3S. The number of carbonyl (C=O) groups is 2. The minimum atomic E-state index is -0.949. The number of aliphatic carboxylic acids is 1. The van der Waals surface area contributed by atoms with Crippen LogP contribution in [0.5, 0.6) is 0 Å². The minimum absolute atomic E-state index is 0.0962. The third-order valence-electron chi connectivity index (χ3n) is 6.70. The standard InChI is InChI=1S/C28H27N5O3S/c1-15-17(3)37-27-23(15)25(30-24(16(2)28(35)36)26-32-31-18(4)33(26)27)20-10-12-21(13-11-20)29-22(34)14-19-8-6-5-7-9-19/h5-13,16,24H,14H2,1-4H3,(H,29,34)(H,35,36)/t16?,24-/m0/s1. The van der Waals surface area contributed by atoms with Gasteiger partial charge < -0.3 is 10.4 Å². The quantitative estimate of drug-likeness (QED) is 0.375. The summed E-state index contributed by atoms with van der Waals surface area (Å²) in [4.78, 5) is 30.7. The van der Waals surface area contributed by atoms with Crippen molar-refractivity contribution in [3.63, 3.8) is 0 Å². The number of hydrogen-bond acceptors (Lipinski definition) is 6. The van der Waals surface area contributed by atoms with E-state index in [0.29, 0.717) is 29.5 Å². The van der Waals surface area contributed by atoms with Crippen LogP contribution >= 0.6 is 11.3 Å². The second kappa shape index (κ2) is 9.74. The number of rotatable bonds is 6. The Hall–Kier alpha value is -4.11. The Kier molecular flexibility index (Phi) is 6.47. The lowest BCUT2D eigenvalue weighted by Crippen LogP contribution is -2.21. The first-order valence-corrected chi connectivity index (χ1v) is 12.8. The van der Waals surface area contributed by atoms with Gasteiger partial charge in [0, 0.05) is 21.7 Å². The SMILES string of the molecule is Cc1sc2c(c1C)C(c1ccc(NC(=O)Cc3ccccc3)cc1)=N[C@@H](C(C)C(=O)O)c1nnc(C)n1-2. The number of nitrogens with one attached hydrogen (secondary N) is 1. The van der Waals surface area contributed by atoms with E-state index in [1.54, 1.807) is 18.3 Å². The smallest absolute Gasteiger partial charge is 0.308 e. The van der Waals surface area contributed by atoms with Crippen molar-refractivity contribution < 1.29 is 14.7 Å². The summed E-state index contributed by atoms with van der Waals surface area (Å²) in [6.07, 6.45) is 0.291. The third kappa shape index (κ3) is 4.58. The average Bonchev–Trinajstić information content (AvgIpc) is 3.34. The van der Waals surface area contributed by atoms with E-state index in [9.17, 15) is 14.7 Å². The highest BCUT2D eigenvalue weighted by Gasteiger charge is 2.36. The normalized spacial score (nSPS) is 15.2. The van der Waals surface area contributed by atoms with Crippen molar-refractivity contribution in [2.24, 2.45) is 10.9 Å². The molecule has 3 heterocycles. The summed E-state index contributed by atoms with van der Waals surface area (Å²) in [5.74, 6) is -0.636. The number of carbonyl (C=O) groups excluding carboxylic acids is 1. The lowest BCUT2D eigenvalue weighted by Gasteiger charge is -2.16. The molecule has 1 amide bonds. The number of thiophene rings is 1. The molecule has 0 fully saturated rings. The number of carboxylic acids is 1. The average molecular weight is 514 g/mol. The van der Waals surface area contributed by atoms with E-state index in [1.807, 2.05) is 66.1 Å². The van der Waals surface area contributed by atoms with Crippen LogP contribution in [0, 0.1) is 26.7 Å². The summed E-state index contributed by atoms with van der Waals surface area (Å²) >= 11 is 1.62. The molecule has 0 radical (unpaired) electrons. The van der Waals surface area contributed by atoms with Crippen molar-refractivity contribution in [1.82, 2.24) is 14.8 Å². The van der Waals surface area contributed by atoms with Gasteiger partial charge in [0.15, 0.2) is 5.82 Å². The van der Waals surface area contributed by atoms with Crippen LogP contribution in [0.3, 0.4) is 0 Å². The van der Waals surface area contributed by atoms with Crippen molar-refractivity contribution in [3.8, 4) is 5.00 Å². The molecule has 1 aliphatic heterocycles. The van der Waals surface area contributed by atoms with E-state index >= 15 is 0 Å². The summed E-state index contributed by atoms with van der Waals surface area (Å²) in [7, 11) is 0. The first kappa shape index (κ1) is 24.6. The topological polar surface area (TPSA) is 109 Å². The number of amides is 1. The molecule has 0 saturated carbocycles. The van der Waals surface area contributed by atoms with E-state index in [-0.39, 0.29) is 5.91 Å². The van der Waals surface area contributed by atoms with Crippen LogP contribution in [0.15, 0.2) is 59.6 Å². The highest BCUT2D eigenvalue weighted by Crippen LogP contribution is 2.40. The van der Waals surface area contributed by atoms with Crippen LogP contribution in [0.25, 0.3) is 5.00 Å². The second-order valence-corrected chi connectivity index (χ2v) is 10.4. The van der Waals surface area contributed by atoms with E-state index in [0.717, 1.165) is 32.1 Å². The molecule has 0 saturated heterocycles. The molecular weight excluding hydrogens is 486 g/mol. The number of nitrogens with zero attached hydrogens (tertiary/aromatic N) is 4. The predicted molar refractivity (Wildman–Crippen MR) is 144 cm³/mol. The molecule has 2 atom stereocenters. The van der Waals surface area contributed by atoms with Crippen LogP contribution in [0.4, 0.5) is 5.69 Å². The Morgan fingerprint density at radius 1 is 1.05 bits per heavy atom. The van der Waals surface area contributed by atoms with E-state index in [2.05, 4.69) is 29.4 Å². The molecule has 2 aromatic carbocycles. The Morgan fingerprint density at radius 2 is 1.76 bits per heavy atom. The molecule has 8 nitrogen and oxygen atoms in total. The molecule has 4 aromatic rings. The molecule has 1 unspecified atom stereocenters. The molecule has 5 rings (SSSR count). The lowest BCUT2D eigenvalue weighted by molar-refractivity contribution is -0.141. The fourth-order valence-electron chi connectivity index (χ4n) is 4.52. The Bertz CT molecular complexity index is 1520. The number of aromatic nitrogens is 3. The number of aryl methyl sites for hydroxylation is 2. The minimum Gasteiger partial charge on any atom is -0.481 e. The van der Waals surface area contributed by atoms with Crippen LogP contribution in [0.2, 0.25) is 0 Å². The van der Waals surface area contributed by atoms with Gasteiger partial charge in [-0.05, 0) is 51.0 Å². The van der Waals surface area contributed by atoms with Crippen molar-refractivity contribution in [2.45, 2.75) is 40.2 Å². The van der Waals surface area contributed by atoms with Crippen LogP contribution in [-0.2, 0) is 16.0 Å². The predicted octanol–water partition coefficient (Wildman–Crippen LogP) is 5.05. The maximum atomic E-state index is 12.5. The van der Waals surface area contributed by atoms with Gasteiger partial charge in [-0.15, -0.1) is 21.5 Å². The lowest BCUT2D eigenvalue weighted by atomic mass is 9.98. The number of aliphatic imine (C=N–C) groups is 1. The first-order chi connectivity index (χ1) is 17.7. The molecule has 2 N–H and O–H groups in total. The van der Waals surface area contributed by atoms with Gasteiger partial charge >= 0.3 is 5.97 Å². The zero-order valence-electron chi connectivity index (χ0n) is 21.0. The number of fused-ring (bicyclic) bond motifs is 3. The number of carboxylic acid groups (broad SMARTS) is 1. The molecule has 0 bridgehead atoms. The van der Waals surface area contributed by atoms with Gasteiger partial charge in [-0.25, -0.2) is 0 Å². The van der Waals surface area contributed by atoms with E-state index in [4.69, 9.17) is 4.99 Å². The number of anilines is 1. The van der Waals surface area contributed by atoms with Crippen molar-refractivity contribution in [3.05, 3.63) is 93.4 Å². The summed E-state index contributed by atoms with van der Waals surface area (Å²) in [5.41, 5.74) is 5.21. The van der Waals surface area contributed by atoms with Crippen molar-refractivity contribution in [1.29, 1.82) is 0 Å². The van der Waals surface area contributed by atoms with Crippen LogP contribution in [-0.4, -0.2) is 37.5 Å². The van der Waals surface area contributed by atoms with E-state index in [1.165, 1.54) is 0 Å². The molecule has 188 valence electrons. The monoisotopic (exact) mass is 513 g/mol. The zero-order valence-corrected chi connectivity index (χ0v) is 21.8. The highest BCUT2D eigenvalue weighted by atomic mass is 32.1. The van der Waals surface area contributed by atoms with Gasteiger partial charge in [0.25, 0.3) is 0 Å². The number of benzene rings is 2. The summed E-state index contributed by atoms with van der Waals surface area (Å²) in [5, 5.41) is 22.3. The molecule has 0 spiro atoms. The fraction of sp³-hybridized carbons (Fsp3) is 0.250. The van der Waals surface area contributed by atoms with Crippen LogP contribution < -0.4 is 5.32 Å². The van der Waals surface area contributed by atoms with E-state index < -0.39 is 17.9 Å². The fourth-order valence-corrected chi connectivity index (χ4v) is 5.73. The molecule has 9 heteroatoms. The van der Waals surface area contributed by atoms with Gasteiger partial charge in [0.05, 0.1) is 18.1 Å². The second-order valence-electron chi connectivity index (χ2n) is 9.24. The van der Waals surface area contributed by atoms with Gasteiger partial charge in [-0.1, -0.05) is 42.5 Å². The van der Waals surface area contributed by atoms with Crippen molar-refractivity contribution >= 4 is 34.6 Å². The molecule has 1 aliphatic rings. The molecule has 2 aromatic heterocycles. The molecule has 37 heavy (non-hydrogen) atoms. The van der Waals surface area contributed by atoms with Crippen LogP contribution in [0.1, 0.15) is 51.7 Å². The van der Waals surface area contributed by atoms with Gasteiger partial charge in [-0.3, -0.25) is 19.1 Å². The molecule has 0 aliphatic carbocycles. The Morgan fingerprint density at radius 3 is 2.43 bits per heavy atom. The highest BCUT2D eigenvalue weighted by molar-refractivity contribution is 7.15. The maximum absolute atomic E-state index is 12.5. The summed E-state index contributed by atoms with van der Waals surface area (Å²) in [6, 6.07) is 16.4. The number of hydrogen-bond donors (Lipinski definition) is 2.